The SMILES string of the molecule is N=CNCc1ccc(NC(=O)c2ccc(C(=O)Nc3ccc(CNC(=N)N)cc3)cc2)cc1. The second-order valence-electron chi connectivity index (χ2n) is 7.17. The van der Waals surface area contributed by atoms with Crippen LogP contribution in [0, 0.1) is 10.8 Å². The summed E-state index contributed by atoms with van der Waals surface area (Å²) in [6, 6.07) is 20.9. The molecule has 0 heterocycles. The maximum Gasteiger partial charge on any atom is 0.255 e. The lowest BCUT2D eigenvalue weighted by Crippen LogP contribution is -2.29. The van der Waals surface area contributed by atoms with E-state index in [0.29, 0.717) is 35.6 Å². The van der Waals surface area contributed by atoms with Gasteiger partial charge in [-0.2, -0.15) is 0 Å². The van der Waals surface area contributed by atoms with E-state index >= 15 is 0 Å². The molecule has 168 valence electrons. The average Bonchev–Trinajstić information content (AvgIpc) is 2.83. The van der Waals surface area contributed by atoms with Crippen molar-refractivity contribution < 1.29 is 9.59 Å². The average molecular weight is 444 g/mol. The van der Waals surface area contributed by atoms with Crippen LogP contribution in [0.1, 0.15) is 31.8 Å². The zero-order valence-corrected chi connectivity index (χ0v) is 17.8. The molecule has 3 aromatic carbocycles. The molecular weight excluding hydrogens is 418 g/mol. The minimum atomic E-state index is -0.286. The van der Waals surface area contributed by atoms with Crippen molar-refractivity contribution in [2.45, 2.75) is 13.1 Å². The molecular formula is C24H25N7O2. The van der Waals surface area contributed by atoms with E-state index < -0.39 is 0 Å². The Morgan fingerprint density at radius 1 is 0.727 bits per heavy atom. The Hall–Kier alpha value is -4.66. The number of nitrogens with two attached hydrogens (primary N) is 1. The van der Waals surface area contributed by atoms with Crippen LogP contribution in [0.4, 0.5) is 11.4 Å². The third-order valence-corrected chi connectivity index (χ3v) is 4.72. The Labute approximate surface area is 191 Å². The Morgan fingerprint density at radius 2 is 1.15 bits per heavy atom. The Balaban J connectivity index is 1.55. The molecule has 9 heteroatoms. The molecule has 9 nitrogen and oxygen atoms in total. The molecule has 2 amide bonds. The quantitative estimate of drug-likeness (QED) is 0.200. The number of hydrogen-bond donors (Lipinski definition) is 7. The van der Waals surface area contributed by atoms with Crippen molar-refractivity contribution in [2.24, 2.45) is 5.73 Å². The van der Waals surface area contributed by atoms with Gasteiger partial charge in [0.05, 0.1) is 6.34 Å². The standard InChI is InChI=1S/C24H25N7O2/c25-15-28-13-16-1-9-20(10-2-16)30-22(32)18-5-7-19(8-6-18)23(33)31-21-11-3-17(4-12-21)14-29-24(26)27/h1-12,15H,13-14H2,(H2,25,28)(H,30,32)(H,31,33)(H4,26,27,29). The first-order valence-electron chi connectivity index (χ1n) is 10.2. The minimum absolute atomic E-state index is 0.102. The van der Waals surface area contributed by atoms with E-state index in [0.717, 1.165) is 17.5 Å². The smallest absolute Gasteiger partial charge is 0.255 e. The van der Waals surface area contributed by atoms with Gasteiger partial charge >= 0.3 is 0 Å². The molecule has 8 N–H and O–H groups in total. The zero-order valence-electron chi connectivity index (χ0n) is 17.8. The second kappa shape index (κ2) is 11.1. The predicted molar refractivity (Wildman–Crippen MR) is 130 cm³/mol. The van der Waals surface area contributed by atoms with E-state index in [-0.39, 0.29) is 17.8 Å². The summed E-state index contributed by atoms with van der Waals surface area (Å²) in [4.78, 5) is 25.0. The van der Waals surface area contributed by atoms with Crippen LogP contribution in [0.25, 0.3) is 0 Å². The molecule has 0 unspecified atom stereocenters. The summed E-state index contributed by atoms with van der Waals surface area (Å²) in [7, 11) is 0. The molecule has 0 aliphatic rings. The highest BCUT2D eigenvalue weighted by Gasteiger charge is 2.10. The largest absolute Gasteiger partial charge is 0.373 e. The van der Waals surface area contributed by atoms with Gasteiger partial charge in [0.15, 0.2) is 5.96 Å². The van der Waals surface area contributed by atoms with Crippen LogP contribution in [0.5, 0.6) is 0 Å². The van der Waals surface area contributed by atoms with Crippen molar-refractivity contribution in [3.05, 3.63) is 95.1 Å². The van der Waals surface area contributed by atoms with Gasteiger partial charge in [-0.25, -0.2) is 0 Å². The van der Waals surface area contributed by atoms with Crippen molar-refractivity contribution in [1.29, 1.82) is 10.8 Å². The van der Waals surface area contributed by atoms with Gasteiger partial charge in [0.25, 0.3) is 11.8 Å². The maximum absolute atomic E-state index is 12.5. The van der Waals surface area contributed by atoms with Crippen LogP contribution in [-0.4, -0.2) is 24.1 Å². The van der Waals surface area contributed by atoms with Gasteiger partial charge in [-0.05, 0) is 59.7 Å². The predicted octanol–water partition coefficient (Wildman–Crippen LogP) is 2.87. The van der Waals surface area contributed by atoms with Crippen molar-refractivity contribution in [3.8, 4) is 0 Å². The molecule has 3 aromatic rings. The van der Waals surface area contributed by atoms with Crippen molar-refractivity contribution in [2.75, 3.05) is 10.6 Å². The molecule has 0 bridgehead atoms. The fourth-order valence-electron chi connectivity index (χ4n) is 2.96. The topological polar surface area (TPSA) is 156 Å². The third-order valence-electron chi connectivity index (χ3n) is 4.72. The summed E-state index contributed by atoms with van der Waals surface area (Å²) >= 11 is 0. The summed E-state index contributed by atoms with van der Waals surface area (Å²) in [5.74, 6) is -0.664. The zero-order chi connectivity index (χ0) is 23.6. The number of rotatable bonds is 9. The summed E-state index contributed by atoms with van der Waals surface area (Å²) in [5, 5.41) is 25.3. The lowest BCUT2D eigenvalue weighted by atomic mass is 10.1. The summed E-state index contributed by atoms with van der Waals surface area (Å²) in [6.45, 7) is 0.974. The lowest BCUT2D eigenvalue weighted by molar-refractivity contribution is 0.101. The summed E-state index contributed by atoms with van der Waals surface area (Å²) < 4.78 is 0. The van der Waals surface area contributed by atoms with Gasteiger partial charge in [0, 0.05) is 35.6 Å². The van der Waals surface area contributed by atoms with E-state index in [1.807, 2.05) is 24.3 Å². The molecule has 0 spiro atoms. The first kappa shape index (κ1) is 23.0. The molecule has 3 rings (SSSR count). The van der Waals surface area contributed by atoms with Gasteiger partial charge in [-0.1, -0.05) is 24.3 Å². The first-order chi connectivity index (χ1) is 15.9. The molecule has 0 saturated carbocycles. The molecule has 0 aromatic heterocycles. The molecule has 0 atom stereocenters. The van der Waals surface area contributed by atoms with Crippen LogP contribution in [0.15, 0.2) is 72.8 Å². The number of carbonyl (C=O) groups excluding carboxylic acids is 2. The monoisotopic (exact) mass is 443 g/mol. The second-order valence-corrected chi connectivity index (χ2v) is 7.17. The molecule has 33 heavy (non-hydrogen) atoms. The fourth-order valence-corrected chi connectivity index (χ4v) is 2.96. The van der Waals surface area contributed by atoms with Crippen LogP contribution < -0.4 is 27.0 Å². The van der Waals surface area contributed by atoms with Crippen LogP contribution >= 0.6 is 0 Å². The van der Waals surface area contributed by atoms with Crippen LogP contribution in [0.3, 0.4) is 0 Å². The lowest BCUT2D eigenvalue weighted by Gasteiger charge is -2.09. The van der Waals surface area contributed by atoms with Crippen LogP contribution in [0.2, 0.25) is 0 Å². The van der Waals surface area contributed by atoms with Crippen LogP contribution in [-0.2, 0) is 13.1 Å². The van der Waals surface area contributed by atoms with Crippen molar-refractivity contribution in [3.63, 3.8) is 0 Å². The molecule has 0 radical (unpaired) electrons. The maximum atomic E-state index is 12.5. The van der Waals surface area contributed by atoms with E-state index in [1.165, 1.54) is 0 Å². The Bertz CT molecular complexity index is 1120. The van der Waals surface area contributed by atoms with Gasteiger partial charge in [-0.3, -0.25) is 20.4 Å². The van der Waals surface area contributed by atoms with E-state index in [1.54, 1.807) is 48.5 Å². The van der Waals surface area contributed by atoms with Gasteiger partial charge in [-0.15, -0.1) is 0 Å². The molecule has 0 saturated heterocycles. The first-order valence-corrected chi connectivity index (χ1v) is 10.2. The Kier molecular flexibility index (Phi) is 7.74. The van der Waals surface area contributed by atoms with Crippen molar-refractivity contribution >= 4 is 35.5 Å². The number of hydrogen-bond acceptors (Lipinski definition) is 4. The molecule has 0 fully saturated rings. The summed E-state index contributed by atoms with van der Waals surface area (Å²) in [6.07, 6.45) is 1.13. The third kappa shape index (κ3) is 6.93. The normalized spacial score (nSPS) is 10.1. The highest BCUT2D eigenvalue weighted by Crippen LogP contribution is 2.14. The van der Waals surface area contributed by atoms with Gasteiger partial charge in [0.1, 0.15) is 0 Å². The van der Waals surface area contributed by atoms with Crippen molar-refractivity contribution in [1.82, 2.24) is 10.6 Å². The van der Waals surface area contributed by atoms with E-state index in [4.69, 9.17) is 16.6 Å². The number of guanidine groups is 1. The van der Waals surface area contributed by atoms with Gasteiger partial charge in [0.2, 0.25) is 0 Å². The van der Waals surface area contributed by atoms with Gasteiger partial charge < -0.3 is 27.0 Å². The molecule has 0 aliphatic heterocycles. The number of carbonyl (C=O) groups is 2. The van der Waals surface area contributed by atoms with E-state index in [9.17, 15) is 9.59 Å². The summed E-state index contributed by atoms with van der Waals surface area (Å²) in [5.41, 5.74) is 9.34. The number of anilines is 2. The highest BCUT2D eigenvalue weighted by molar-refractivity contribution is 6.07. The fraction of sp³-hybridized carbons (Fsp3) is 0.0833. The molecule has 0 aliphatic carbocycles. The van der Waals surface area contributed by atoms with E-state index in [2.05, 4.69) is 21.3 Å². The number of nitrogens with one attached hydrogen (secondary N) is 6. The Morgan fingerprint density at radius 3 is 1.55 bits per heavy atom. The minimum Gasteiger partial charge on any atom is -0.373 e. The number of benzene rings is 3. The number of amides is 2. The highest BCUT2D eigenvalue weighted by atomic mass is 16.2.